The molecule has 1 N–H and O–H groups in total. The number of aliphatic hydroxyl groups excluding tert-OH is 1. The molecule has 1 heterocycles. The Bertz CT molecular complexity index is 323. The summed E-state index contributed by atoms with van der Waals surface area (Å²) in [5.41, 5.74) is -0.389. The summed E-state index contributed by atoms with van der Waals surface area (Å²) in [4.78, 5) is 13.6. The van der Waals surface area contributed by atoms with Crippen LogP contribution in [0.5, 0.6) is 0 Å². The molecule has 1 aliphatic heterocycles. The van der Waals surface area contributed by atoms with Crippen LogP contribution in [0.3, 0.4) is 0 Å². The summed E-state index contributed by atoms with van der Waals surface area (Å²) < 4.78 is 5.33. The lowest BCUT2D eigenvalue weighted by Gasteiger charge is -2.26. The molecule has 16 heavy (non-hydrogen) atoms. The molecule has 92 valence electrons. The zero-order chi connectivity index (χ0) is 12.2. The smallest absolute Gasteiger partial charge is 0.410 e. The van der Waals surface area contributed by atoms with E-state index in [9.17, 15) is 9.90 Å². The number of nitrogens with zero attached hydrogens (tertiary/aromatic N) is 1. The molecule has 4 heteroatoms. The van der Waals surface area contributed by atoms with Crippen LogP contribution in [0.25, 0.3) is 0 Å². The Morgan fingerprint density at radius 1 is 1.44 bits per heavy atom. The summed E-state index contributed by atoms with van der Waals surface area (Å²) in [7, 11) is 0. The van der Waals surface area contributed by atoms with E-state index in [4.69, 9.17) is 4.74 Å². The molecule has 4 nitrogen and oxygen atoms in total. The van der Waals surface area contributed by atoms with Gasteiger partial charge in [0.15, 0.2) is 0 Å². The molecule has 1 aliphatic carbocycles. The van der Waals surface area contributed by atoms with E-state index >= 15 is 0 Å². The fraction of sp³-hybridized carbons (Fsp3) is 0.917. The van der Waals surface area contributed by atoms with Crippen molar-refractivity contribution in [1.82, 2.24) is 4.90 Å². The van der Waals surface area contributed by atoms with E-state index in [1.54, 1.807) is 4.90 Å². The van der Waals surface area contributed by atoms with Gasteiger partial charge in [-0.15, -0.1) is 0 Å². The first kappa shape index (κ1) is 11.7. The predicted molar refractivity (Wildman–Crippen MR) is 60.0 cm³/mol. The van der Waals surface area contributed by atoms with Gasteiger partial charge < -0.3 is 14.7 Å². The van der Waals surface area contributed by atoms with Crippen molar-refractivity contribution in [3.05, 3.63) is 0 Å². The highest BCUT2D eigenvalue weighted by atomic mass is 16.6. The third-order valence-electron chi connectivity index (χ3n) is 3.87. The lowest BCUT2D eigenvalue weighted by molar-refractivity contribution is 0.0247. The topological polar surface area (TPSA) is 49.8 Å². The normalized spacial score (nSPS) is 37.2. The maximum atomic E-state index is 11.8. The maximum Gasteiger partial charge on any atom is 0.410 e. The van der Waals surface area contributed by atoms with Crippen molar-refractivity contribution in [2.75, 3.05) is 19.7 Å². The van der Waals surface area contributed by atoms with E-state index in [1.807, 2.05) is 20.8 Å². The summed E-state index contributed by atoms with van der Waals surface area (Å²) in [6, 6.07) is 0. The molecule has 1 saturated carbocycles. The van der Waals surface area contributed by atoms with E-state index in [0.717, 1.165) is 6.42 Å². The Balaban J connectivity index is 1.98. The van der Waals surface area contributed by atoms with Crippen LogP contribution in [0, 0.1) is 10.8 Å². The quantitative estimate of drug-likeness (QED) is 0.740. The van der Waals surface area contributed by atoms with Crippen molar-refractivity contribution in [1.29, 1.82) is 0 Å². The van der Waals surface area contributed by atoms with Gasteiger partial charge in [-0.05, 0) is 32.6 Å². The third kappa shape index (κ3) is 1.69. The second-order valence-corrected chi connectivity index (χ2v) is 6.51. The largest absolute Gasteiger partial charge is 0.444 e. The second-order valence-electron chi connectivity index (χ2n) is 6.51. The monoisotopic (exact) mass is 227 g/mol. The Kier molecular flexibility index (Phi) is 2.29. The average molecular weight is 227 g/mol. The standard InChI is InChI=1S/C12H21NO3/c1-10(2,3)16-9(15)13-6-11(4)5-12(11,7-13)8-14/h14H,5-8H2,1-4H3. The first-order valence-electron chi connectivity index (χ1n) is 5.80. The van der Waals surface area contributed by atoms with E-state index in [2.05, 4.69) is 6.92 Å². The van der Waals surface area contributed by atoms with Gasteiger partial charge in [-0.3, -0.25) is 0 Å². The number of aliphatic hydroxyl groups is 1. The fourth-order valence-electron chi connectivity index (χ4n) is 2.77. The highest BCUT2D eigenvalue weighted by Crippen LogP contribution is 2.67. The molecule has 2 fully saturated rings. The van der Waals surface area contributed by atoms with Crippen LogP contribution in [-0.4, -0.2) is 41.4 Å². The van der Waals surface area contributed by atoms with Gasteiger partial charge in [-0.1, -0.05) is 6.92 Å². The van der Waals surface area contributed by atoms with E-state index < -0.39 is 5.60 Å². The lowest BCUT2D eigenvalue weighted by atomic mass is 10.00. The van der Waals surface area contributed by atoms with Gasteiger partial charge in [0.2, 0.25) is 0 Å². The first-order chi connectivity index (χ1) is 7.21. The molecule has 2 rings (SSSR count). The van der Waals surface area contributed by atoms with Gasteiger partial charge in [0.25, 0.3) is 0 Å². The first-order valence-corrected chi connectivity index (χ1v) is 5.80. The van der Waals surface area contributed by atoms with Crippen molar-refractivity contribution >= 4 is 6.09 Å². The molecule has 2 aliphatic rings. The van der Waals surface area contributed by atoms with Crippen LogP contribution in [0.2, 0.25) is 0 Å². The fourth-order valence-corrected chi connectivity index (χ4v) is 2.77. The molecule has 0 aromatic heterocycles. The predicted octanol–water partition coefficient (Wildman–Crippen LogP) is 1.63. The summed E-state index contributed by atoms with van der Waals surface area (Å²) in [5, 5.41) is 9.39. The molecule has 1 saturated heterocycles. The number of amides is 1. The van der Waals surface area contributed by atoms with Crippen LogP contribution in [-0.2, 0) is 4.74 Å². The van der Waals surface area contributed by atoms with Crippen molar-refractivity contribution in [3.8, 4) is 0 Å². The van der Waals surface area contributed by atoms with Gasteiger partial charge in [0, 0.05) is 18.5 Å². The minimum atomic E-state index is -0.447. The SMILES string of the molecule is CC(C)(C)OC(=O)N1CC2(C)CC2(CO)C1. The summed E-state index contributed by atoms with van der Waals surface area (Å²) in [6.07, 6.45) is 0.768. The second kappa shape index (κ2) is 3.13. The molecular formula is C12H21NO3. The number of piperidine rings is 1. The van der Waals surface area contributed by atoms with Crippen LogP contribution in [0.1, 0.15) is 34.1 Å². The van der Waals surface area contributed by atoms with Gasteiger partial charge >= 0.3 is 6.09 Å². The lowest BCUT2D eigenvalue weighted by Crippen LogP contribution is -2.37. The van der Waals surface area contributed by atoms with Crippen molar-refractivity contribution in [2.24, 2.45) is 10.8 Å². The number of carbonyl (C=O) groups is 1. The zero-order valence-electron chi connectivity index (χ0n) is 10.5. The molecule has 0 radical (unpaired) electrons. The van der Waals surface area contributed by atoms with E-state index in [-0.39, 0.29) is 23.5 Å². The highest BCUT2D eigenvalue weighted by molar-refractivity contribution is 5.69. The molecule has 2 atom stereocenters. The Morgan fingerprint density at radius 2 is 2.06 bits per heavy atom. The van der Waals surface area contributed by atoms with Gasteiger partial charge in [0.05, 0.1) is 6.61 Å². The summed E-state index contributed by atoms with van der Waals surface area (Å²) in [6.45, 7) is 9.25. The Morgan fingerprint density at radius 3 is 2.50 bits per heavy atom. The van der Waals surface area contributed by atoms with Crippen LogP contribution in [0.15, 0.2) is 0 Å². The van der Waals surface area contributed by atoms with Crippen molar-refractivity contribution in [3.63, 3.8) is 0 Å². The number of ether oxygens (including phenoxy) is 1. The molecule has 0 spiro atoms. The van der Waals surface area contributed by atoms with Crippen LogP contribution in [0.4, 0.5) is 4.79 Å². The van der Waals surface area contributed by atoms with Crippen LogP contribution < -0.4 is 0 Å². The van der Waals surface area contributed by atoms with E-state index in [1.165, 1.54) is 0 Å². The molecule has 0 bridgehead atoms. The number of rotatable bonds is 1. The molecular weight excluding hydrogens is 206 g/mol. The van der Waals surface area contributed by atoms with Gasteiger partial charge in [-0.2, -0.15) is 0 Å². The Hall–Kier alpha value is -0.770. The zero-order valence-corrected chi connectivity index (χ0v) is 10.5. The number of fused-ring (bicyclic) bond motifs is 1. The Labute approximate surface area is 96.6 Å². The minimum Gasteiger partial charge on any atom is -0.444 e. The number of carbonyl (C=O) groups excluding carboxylic acids is 1. The van der Waals surface area contributed by atoms with Crippen LogP contribution >= 0.6 is 0 Å². The van der Waals surface area contributed by atoms with Crippen molar-refractivity contribution in [2.45, 2.75) is 39.7 Å². The summed E-state index contributed by atoms with van der Waals surface area (Å²) in [5.74, 6) is 0. The van der Waals surface area contributed by atoms with Gasteiger partial charge in [0.1, 0.15) is 5.60 Å². The third-order valence-corrected chi connectivity index (χ3v) is 3.87. The molecule has 2 unspecified atom stereocenters. The number of hydrogen-bond acceptors (Lipinski definition) is 3. The molecule has 1 amide bonds. The number of hydrogen-bond donors (Lipinski definition) is 1. The maximum absolute atomic E-state index is 11.8. The molecule has 0 aromatic carbocycles. The minimum absolute atomic E-state index is 0.0517. The average Bonchev–Trinajstić information content (AvgIpc) is 2.58. The highest BCUT2D eigenvalue weighted by Gasteiger charge is 2.69. The van der Waals surface area contributed by atoms with Crippen molar-refractivity contribution < 1.29 is 14.6 Å². The van der Waals surface area contributed by atoms with Gasteiger partial charge in [-0.25, -0.2) is 4.79 Å². The summed E-state index contributed by atoms with van der Waals surface area (Å²) >= 11 is 0. The molecule has 0 aromatic rings. The van der Waals surface area contributed by atoms with E-state index in [0.29, 0.717) is 13.1 Å². The number of likely N-dealkylation sites (tertiary alicyclic amines) is 1.